The lowest BCUT2D eigenvalue weighted by Gasteiger charge is -2.13. The van der Waals surface area contributed by atoms with Crippen molar-refractivity contribution >= 4 is 36.1 Å². The fourth-order valence-corrected chi connectivity index (χ4v) is 3.51. The van der Waals surface area contributed by atoms with E-state index in [-0.39, 0.29) is 28.5 Å². The number of amides is 1. The number of aldehydes is 1. The summed E-state index contributed by atoms with van der Waals surface area (Å²) < 4.78 is 0. The normalized spacial score (nSPS) is 15.0. The molecule has 1 atom stereocenters. The number of rotatable bonds is 6. The van der Waals surface area contributed by atoms with E-state index in [2.05, 4.69) is 10.3 Å². The molecule has 0 bridgehead atoms. The molecule has 24 heavy (non-hydrogen) atoms. The van der Waals surface area contributed by atoms with Crippen LogP contribution in [0.2, 0.25) is 0 Å². The molecule has 2 aromatic rings. The maximum absolute atomic E-state index is 12.4. The first-order chi connectivity index (χ1) is 11.5. The zero-order valence-electron chi connectivity index (χ0n) is 13.1. The van der Waals surface area contributed by atoms with Gasteiger partial charge in [-0.3, -0.25) is 9.59 Å². The molecule has 3 N–H and O–H groups in total. The number of nitrogens with zero attached hydrogens (tertiary/aromatic N) is 1. The van der Waals surface area contributed by atoms with Crippen LogP contribution in [0, 0.1) is 0 Å². The fraction of sp³-hybridized carbons (Fsp3) is 0.312. The highest BCUT2D eigenvalue weighted by Crippen LogP contribution is 2.41. The SMILES string of the molecule is CC(NC(=O)c1ccc(B(O)O)c(C=O)c1)c1csc(C2CC2)n1. The number of carbonyl (C=O) groups is 2. The Hall–Kier alpha value is -2.03. The highest BCUT2D eigenvalue weighted by atomic mass is 32.1. The van der Waals surface area contributed by atoms with Gasteiger partial charge in [-0.05, 0) is 37.4 Å². The second kappa shape index (κ2) is 6.84. The molecular formula is C16H17BN2O4S. The van der Waals surface area contributed by atoms with Gasteiger partial charge >= 0.3 is 7.12 Å². The first-order valence-corrected chi connectivity index (χ1v) is 8.59. The Balaban J connectivity index is 1.72. The van der Waals surface area contributed by atoms with Crippen molar-refractivity contribution in [3.63, 3.8) is 0 Å². The second-order valence-corrected chi connectivity index (χ2v) is 6.80. The van der Waals surface area contributed by atoms with Crippen LogP contribution >= 0.6 is 11.3 Å². The molecule has 1 aromatic heterocycles. The minimum atomic E-state index is -1.75. The van der Waals surface area contributed by atoms with Crippen molar-refractivity contribution in [3.8, 4) is 0 Å². The zero-order chi connectivity index (χ0) is 17.3. The Morgan fingerprint density at radius 1 is 1.46 bits per heavy atom. The topological polar surface area (TPSA) is 99.5 Å². The van der Waals surface area contributed by atoms with E-state index in [4.69, 9.17) is 0 Å². The summed E-state index contributed by atoms with van der Waals surface area (Å²) in [4.78, 5) is 28.0. The van der Waals surface area contributed by atoms with Crippen molar-refractivity contribution in [1.82, 2.24) is 10.3 Å². The minimum absolute atomic E-state index is 0.0724. The van der Waals surface area contributed by atoms with Crippen LogP contribution in [0.15, 0.2) is 23.6 Å². The molecule has 0 spiro atoms. The number of nitrogens with one attached hydrogen (secondary N) is 1. The van der Waals surface area contributed by atoms with Crippen LogP contribution in [0.1, 0.15) is 63.1 Å². The van der Waals surface area contributed by atoms with Gasteiger partial charge < -0.3 is 15.4 Å². The molecular weight excluding hydrogens is 327 g/mol. The van der Waals surface area contributed by atoms with Crippen LogP contribution < -0.4 is 10.8 Å². The van der Waals surface area contributed by atoms with Gasteiger partial charge in [-0.1, -0.05) is 6.07 Å². The average molecular weight is 344 g/mol. The van der Waals surface area contributed by atoms with Gasteiger partial charge in [-0.2, -0.15) is 0 Å². The minimum Gasteiger partial charge on any atom is -0.423 e. The molecule has 1 fully saturated rings. The maximum Gasteiger partial charge on any atom is 0.489 e. The molecule has 1 aliphatic carbocycles. The van der Waals surface area contributed by atoms with E-state index in [9.17, 15) is 19.6 Å². The molecule has 6 nitrogen and oxygen atoms in total. The summed E-state index contributed by atoms with van der Waals surface area (Å²) in [6.07, 6.45) is 2.87. The molecule has 1 unspecified atom stereocenters. The van der Waals surface area contributed by atoms with Crippen molar-refractivity contribution in [3.05, 3.63) is 45.4 Å². The summed E-state index contributed by atoms with van der Waals surface area (Å²) in [5.74, 6) is 0.241. The lowest BCUT2D eigenvalue weighted by atomic mass is 9.77. The number of thiazole rings is 1. The summed E-state index contributed by atoms with van der Waals surface area (Å²) in [6, 6.07) is 3.92. The Morgan fingerprint density at radius 3 is 2.83 bits per heavy atom. The van der Waals surface area contributed by atoms with Gasteiger partial charge in [0, 0.05) is 22.4 Å². The third-order valence-electron chi connectivity index (χ3n) is 4.01. The van der Waals surface area contributed by atoms with Gasteiger partial charge in [0.2, 0.25) is 0 Å². The maximum atomic E-state index is 12.4. The third-order valence-corrected chi connectivity index (χ3v) is 5.04. The lowest BCUT2D eigenvalue weighted by Crippen LogP contribution is -2.34. The number of carbonyl (C=O) groups excluding carboxylic acids is 2. The zero-order valence-corrected chi connectivity index (χ0v) is 13.9. The molecule has 124 valence electrons. The lowest BCUT2D eigenvalue weighted by molar-refractivity contribution is 0.0939. The summed E-state index contributed by atoms with van der Waals surface area (Å²) in [6.45, 7) is 1.86. The summed E-state index contributed by atoms with van der Waals surface area (Å²) in [5.41, 5.74) is 1.26. The summed E-state index contributed by atoms with van der Waals surface area (Å²) in [5, 5.41) is 24.3. The predicted molar refractivity (Wildman–Crippen MR) is 91.6 cm³/mol. The Bertz CT molecular complexity index is 773. The Labute approximate surface area is 143 Å². The second-order valence-electron chi connectivity index (χ2n) is 5.92. The number of aromatic nitrogens is 1. The van der Waals surface area contributed by atoms with E-state index in [0.717, 1.165) is 10.7 Å². The molecule has 1 heterocycles. The predicted octanol–water partition coefficient (Wildman–Crippen LogP) is 1.00. The van der Waals surface area contributed by atoms with E-state index in [0.29, 0.717) is 12.2 Å². The third kappa shape index (κ3) is 3.56. The van der Waals surface area contributed by atoms with E-state index in [1.54, 1.807) is 11.3 Å². The largest absolute Gasteiger partial charge is 0.489 e. The van der Waals surface area contributed by atoms with Gasteiger partial charge in [0.05, 0.1) is 16.7 Å². The van der Waals surface area contributed by atoms with E-state index >= 15 is 0 Å². The molecule has 0 radical (unpaired) electrons. The van der Waals surface area contributed by atoms with Gasteiger partial charge in [-0.25, -0.2) is 4.98 Å². The average Bonchev–Trinajstić information content (AvgIpc) is 3.30. The van der Waals surface area contributed by atoms with Crippen LogP contribution in [-0.2, 0) is 0 Å². The molecule has 0 aliphatic heterocycles. The molecule has 0 saturated heterocycles. The van der Waals surface area contributed by atoms with E-state index < -0.39 is 7.12 Å². The van der Waals surface area contributed by atoms with Crippen LogP contribution in [-0.4, -0.2) is 34.3 Å². The first-order valence-electron chi connectivity index (χ1n) is 7.71. The molecule has 8 heteroatoms. The van der Waals surface area contributed by atoms with Gasteiger partial charge in [0.25, 0.3) is 5.91 Å². The van der Waals surface area contributed by atoms with Gasteiger partial charge in [0.15, 0.2) is 0 Å². The van der Waals surface area contributed by atoms with Crippen LogP contribution in [0.3, 0.4) is 0 Å². The van der Waals surface area contributed by atoms with Gasteiger partial charge in [0.1, 0.15) is 6.29 Å². The van der Waals surface area contributed by atoms with Gasteiger partial charge in [-0.15, -0.1) is 11.3 Å². The summed E-state index contributed by atoms with van der Waals surface area (Å²) in [7, 11) is -1.75. The first kappa shape index (κ1) is 16.8. The van der Waals surface area contributed by atoms with Crippen molar-refractivity contribution in [2.24, 2.45) is 0 Å². The molecule has 1 amide bonds. The highest BCUT2D eigenvalue weighted by molar-refractivity contribution is 7.09. The number of hydrogen-bond donors (Lipinski definition) is 3. The molecule has 1 aliphatic rings. The van der Waals surface area contributed by atoms with Crippen molar-refractivity contribution < 1.29 is 19.6 Å². The monoisotopic (exact) mass is 344 g/mol. The van der Waals surface area contributed by atoms with Crippen LogP contribution in [0.5, 0.6) is 0 Å². The van der Waals surface area contributed by atoms with Crippen molar-refractivity contribution in [2.45, 2.75) is 31.7 Å². The Kier molecular flexibility index (Phi) is 4.79. The molecule has 1 saturated carbocycles. The smallest absolute Gasteiger partial charge is 0.423 e. The standard InChI is InChI=1S/C16H17BN2O4S/c1-9(14-8-24-16(19-14)10-2-3-10)18-15(21)11-4-5-13(17(22)23)12(6-11)7-20/h4-10,22-23H,2-3H2,1H3,(H,18,21). The fourth-order valence-electron chi connectivity index (χ4n) is 2.42. The van der Waals surface area contributed by atoms with E-state index in [1.165, 1.54) is 31.0 Å². The van der Waals surface area contributed by atoms with Crippen molar-refractivity contribution in [2.75, 3.05) is 0 Å². The Morgan fingerprint density at radius 2 is 2.21 bits per heavy atom. The van der Waals surface area contributed by atoms with E-state index in [1.807, 2.05) is 12.3 Å². The molecule has 3 rings (SSSR count). The number of benzene rings is 1. The van der Waals surface area contributed by atoms with Crippen LogP contribution in [0.25, 0.3) is 0 Å². The molecule has 1 aromatic carbocycles. The summed E-state index contributed by atoms with van der Waals surface area (Å²) >= 11 is 1.62. The highest BCUT2D eigenvalue weighted by Gasteiger charge is 2.27. The quantitative estimate of drug-likeness (QED) is 0.536. The van der Waals surface area contributed by atoms with Crippen LogP contribution in [0.4, 0.5) is 0 Å². The number of hydrogen-bond acceptors (Lipinski definition) is 6. The van der Waals surface area contributed by atoms with Crippen molar-refractivity contribution in [1.29, 1.82) is 0 Å².